The van der Waals surface area contributed by atoms with Gasteiger partial charge >= 0.3 is 0 Å². The molecule has 19 heavy (non-hydrogen) atoms. The van der Waals surface area contributed by atoms with Crippen molar-refractivity contribution in [1.82, 2.24) is 4.72 Å². The van der Waals surface area contributed by atoms with E-state index in [1.165, 1.54) is 0 Å². The molecule has 0 aliphatic carbocycles. The summed E-state index contributed by atoms with van der Waals surface area (Å²) in [5, 5.41) is 9.11. The fraction of sp³-hybridized carbons (Fsp3) is 0.538. The van der Waals surface area contributed by atoms with Gasteiger partial charge in [0.05, 0.1) is 13.2 Å². The van der Waals surface area contributed by atoms with Crippen LogP contribution < -0.4 is 9.46 Å². The van der Waals surface area contributed by atoms with Gasteiger partial charge in [-0.25, -0.2) is 13.1 Å². The molecular formula is C13H21NO4S. The van der Waals surface area contributed by atoms with Gasteiger partial charge in [0.1, 0.15) is 10.6 Å². The van der Waals surface area contributed by atoms with Gasteiger partial charge in [-0.05, 0) is 38.0 Å². The highest BCUT2D eigenvalue weighted by atomic mass is 32.2. The number of hydrogen-bond acceptors (Lipinski definition) is 4. The summed E-state index contributed by atoms with van der Waals surface area (Å²) in [6.45, 7) is 5.59. The summed E-state index contributed by atoms with van der Waals surface area (Å²) in [7, 11) is -3.69. The predicted octanol–water partition coefficient (Wildman–Crippen LogP) is 1.44. The maximum Gasteiger partial charge on any atom is 0.244 e. The van der Waals surface area contributed by atoms with Gasteiger partial charge in [-0.15, -0.1) is 0 Å². The van der Waals surface area contributed by atoms with Crippen LogP contribution >= 0.6 is 0 Å². The molecule has 0 aliphatic heterocycles. The number of hydrogen-bond donors (Lipinski definition) is 2. The van der Waals surface area contributed by atoms with Crippen LogP contribution in [0.1, 0.15) is 25.8 Å². The van der Waals surface area contributed by atoms with Gasteiger partial charge in [0, 0.05) is 6.04 Å². The quantitative estimate of drug-likeness (QED) is 0.795. The lowest BCUT2D eigenvalue weighted by Crippen LogP contribution is -2.37. The molecule has 0 amide bonds. The number of nitrogens with one attached hydrogen (secondary N) is 1. The largest absolute Gasteiger partial charge is 0.492 e. The minimum Gasteiger partial charge on any atom is -0.492 e. The standard InChI is InChI=1S/C13H21NO4S/c1-4-11(9-15)14-19(16,17)13-8-10(3)6-7-12(13)18-5-2/h6-8,11,14-15H,4-5,9H2,1-3H3/t11-/m1/s1. The lowest BCUT2D eigenvalue weighted by molar-refractivity contribution is 0.253. The summed E-state index contributed by atoms with van der Waals surface area (Å²) >= 11 is 0. The van der Waals surface area contributed by atoms with Crippen molar-refractivity contribution in [3.63, 3.8) is 0 Å². The Bertz CT molecular complexity index is 509. The van der Waals surface area contributed by atoms with E-state index in [0.29, 0.717) is 18.8 Å². The molecule has 0 unspecified atom stereocenters. The van der Waals surface area contributed by atoms with E-state index < -0.39 is 16.1 Å². The van der Waals surface area contributed by atoms with Crippen molar-refractivity contribution in [2.75, 3.05) is 13.2 Å². The Kier molecular flexibility index (Phi) is 5.78. The Morgan fingerprint density at radius 3 is 2.58 bits per heavy atom. The van der Waals surface area contributed by atoms with E-state index >= 15 is 0 Å². The van der Waals surface area contributed by atoms with Crippen molar-refractivity contribution >= 4 is 10.0 Å². The molecule has 0 heterocycles. The molecule has 0 radical (unpaired) electrons. The molecule has 2 N–H and O–H groups in total. The van der Waals surface area contributed by atoms with Crippen LogP contribution in [0.4, 0.5) is 0 Å². The summed E-state index contributed by atoms with van der Waals surface area (Å²) in [6, 6.07) is 4.53. The van der Waals surface area contributed by atoms with Crippen molar-refractivity contribution in [2.24, 2.45) is 0 Å². The average Bonchev–Trinajstić information content (AvgIpc) is 2.38. The van der Waals surface area contributed by atoms with E-state index in [-0.39, 0.29) is 11.5 Å². The molecule has 1 atom stereocenters. The molecule has 0 aliphatic rings. The highest BCUT2D eigenvalue weighted by Gasteiger charge is 2.22. The van der Waals surface area contributed by atoms with Gasteiger partial charge < -0.3 is 9.84 Å². The molecule has 0 bridgehead atoms. The highest BCUT2D eigenvalue weighted by Crippen LogP contribution is 2.25. The molecule has 1 aromatic rings. The Morgan fingerprint density at radius 2 is 2.05 bits per heavy atom. The first-order valence-corrected chi connectivity index (χ1v) is 7.79. The van der Waals surface area contributed by atoms with Gasteiger partial charge in [0.2, 0.25) is 10.0 Å². The van der Waals surface area contributed by atoms with Crippen molar-refractivity contribution in [2.45, 2.75) is 38.1 Å². The van der Waals surface area contributed by atoms with E-state index in [4.69, 9.17) is 9.84 Å². The number of ether oxygens (including phenoxy) is 1. The lowest BCUT2D eigenvalue weighted by atomic mass is 10.2. The Balaban J connectivity index is 3.15. The third kappa shape index (κ3) is 4.19. The number of sulfonamides is 1. The summed E-state index contributed by atoms with van der Waals surface area (Å²) in [5.41, 5.74) is 0.834. The number of benzene rings is 1. The van der Waals surface area contributed by atoms with Gasteiger partial charge in [-0.2, -0.15) is 0 Å². The molecule has 0 aromatic heterocycles. The second-order valence-corrected chi connectivity index (χ2v) is 5.97. The first-order chi connectivity index (χ1) is 8.94. The van der Waals surface area contributed by atoms with Crippen LogP contribution in [0.15, 0.2) is 23.1 Å². The highest BCUT2D eigenvalue weighted by molar-refractivity contribution is 7.89. The van der Waals surface area contributed by atoms with Crippen LogP contribution in [0.2, 0.25) is 0 Å². The summed E-state index contributed by atoms with van der Waals surface area (Å²) in [6.07, 6.45) is 0.519. The number of aliphatic hydroxyl groups excluding tert-OH is 1. The molecule has 1 aromatic carbocycles. The Hall–Kier alpha value is -1.11. The van der Waals surface area contributed by atoms with Crippen LogP contribution in [0.5, 0.6) is 5.75 Å². The van der Waals surface area contributed by atoms with Crippen molar-refractivity contribution in [3.8, 4) is 5.75 Å². The zero-order chi connectivity index (χ0) is 14.5. The molecule has 108 valence electrons. The second-order valence-electron chi connectivity index (χ2n) is 4.29. The zero-order valence-corrected chi connectivity index (χ0v) is 12.3. The fourth-order valence-electron chi connectivity index (χ4n) is 1.63. The van der Waals surface area contributed by atoms with E-state index in [1.807, 2.05) is 13.8 Å². The minimum absolute atomic E-state index is 0.112. The molecular weight excluding hydrogens is 266 g/mol. The van der Waals surface area contributed by atoms with Crippen molar-refractivity contribution < 1.29 is 18.3 Å². The van der Waals surface area contributed by atoms with E-state index in [1.54, 1.807) is 25.1 Å². The van der Waals surface area contributed by atoms with Crippen LogP contribution in [-0.4, -0.2) is 32.8 Å². The molecule has 0 saturated heterocycles. The van der Waals surface area contributed by atoms with E-state index in [0.717, 1.165) is 5.56 Å². The third-order valence-electron chi connectivity index (χ3n) is 2.72. The molecule has 1 rings (SSSR count). The van der Waals surface area contributed by atoms with Crippen molar-refractivity contribution in [3.05, 3.63) is 23.8 Å². The van der Waals surface area contributed by atoms with Crippen LogP contribution in [-0.2, 0) is 10.0 Å². The van der Waals surface area contributed by atoms with Gasteiger partial charge in [0.15, 0.2) is 0 Å². The van der Waals surface area contributed by atoms with Crippen LogP contribution in [0.3, 0.4) is 0 Å². The Labute approximate surface area is 114 Å². The maximum absolute atomic E-state index is 12.3. The fourth-order valence-corrected chi connectivity index (χ4v) is 3.17. The predicted molar refractivity (Wildman–Crippen MR) is 73.8 cm³/mol. The maximum atomic E-state index is 12.3. The second kappa shape index (κ2) is 6.88. The van der Waals surface area contributed by atoms with Crippen LogP contribution in [0.25, 0.3) is 0 Å². The molecule has 0 spiro atoms. The minimum atomic E-state index is -3.69. The van der Waals surface area contributed by atoms with Gasteiger partial charge in [-0.3, -0.25) is 0 Å². The average molecular weight is 287 g/mol. The number of aryl methyl sites for hydroxylation is 1. The van der Waals surface area contributed by atoms with E-state index in [2.05, 4.69) is 4.72 Å². The topological polar surface area (TPSA) is 75.6 Å². The normalized spacial score (nSPS) is 13.3. The van der Waals surface area contributed by atoms with E-state index in [9.17, 15) is 8.42 Å². The third-order valence-corrected chi connectivity index (χ3v) is 4.27. The monoisotopic (exact) mass is 287 g/mol. The summed E-state index contributed by atoms with van der Waals surface area (Å²) in [4.78, 5) is 0.112. The lowest BCUT2D eigenvalue weighted by Gasteiger charge is -2.17. The summed E-state index contributed by atoms with van der Waals surface area (Å²) in [5.74, 6) is 0.327. The van der Waals surface area contributed by atoms with Gasteiger partial charge in [0.25, 0.3) is 0 Å². The number of rotatable bonds is 7. The molecule has 0 fully saturated rings. The molecule has 0 saturated carbocycles. The summed E-state index contributed by atoms with van der Waals surface area (Å²) < 4.78 is 32.4. The Morgan fingerprint density at radius 1 is 1.37 bits per heavy atom. The van der Waals surface area contributed by atoms with Crippen LogP contribution in [0, 0.1) is 6.92 Å². The molecule has 5 nitrogen and oxygen atoms in total. The van der Waals surface area contributed by atoms with Gasteiger partial charge in [-0.1, -0.05) is 13.0 Å². The smallest absolute Gasteiger partial charge is 0.244 e. The SMILES string of the molecule is CCOc1ccc(C)cc1S(=O)(=O)N[C@H](CC)CO. The molecule has 6 heteroatoms. The first-order valence-electron chi connectivity index (χ1n) is 6.31. The van der Waals surface area contributed by atoms with Crippen molar-refractivity contribution in [1.29, 1.82) is 0 Å². The number of aliphatic hydroxyl groups is 1. The zero-order valence-electron chi connectivity index (χ0n) is 11.5. The first kappa shape index (κ1) is 15.9.